The summed E-state index contributed by atoms with van der Waals surface area (Å²) in [6.45, 7) is 20.0. The Balaban J connectivity index is 0.000000972. The second-order valence-electron chi connectivity index (χ2n) is 15.8. The fourth-order valence-electron chi connectivity index (χ4n) is 11.6. The van der Waals surface area contributed by atoms with Crippen LogP contribution in [0.1, 0.15) is 127 Å². The monoisotopic (exact) mass is 579 g/mol. The van der Waals surface area contributed by atoms with Crippen molar-refractivity contribution in [1.29, 1.82) is 5.26 Å². The first kappa shape index (κ1) is 33.0. The van der Waals surface area contributed by atoms with Gasteiger partial charge in [0, 0.05) is 18.4 Å². The third-order valence-electron chi connectivity index (χ3n) is 13.5. The predicted molar refractivity (Wildman–Crippen MR) is 173 cm³/mol. The normalized spacial score (nSPS) is 44.2. The molecule has 9 unspecified atom stereocenters. The van der Waals surface area contributed by atoms with Gasteiger partial charge in [-0.15, -0.1) is 5.10 Å². The van der Waals surface area contributed by atoms with Crippen LogP contribution in [0.4, 0.5) is 0 Å². The van der Waals surface area contributed by atoms with Crippen molar-refractivity contribution in [2.75, 3.05) is 7.05 Å². The molecule has 236 valence electrons. The van der Waals surface area contributed by atoms with Gasteiger partial charge < -0.3 is 5.73 Å². The van der Waals surface area contributed by atoms with Gasteiger partial charge in [-0.05, 0) is 115 Å². The Bertz CT molecular complexity index is 1140. The molecule has 5 saturated carbocycles. The average Bonchev–Trinajstić information content (AvgIpc) is 3.73. The van der Waals surface area contributed by atoms with E-state index in [0.29, 0.717) is 46.0 Å². The van der Waals surface area contributed by atoms with Crippen molar-refractivity contribution >= 4 is 11.6 Å². The standard InChI is InChI=1S/C32H49N5O.2C2H6/c1-19-21-7-9-29(4)22-8-10-32(27(34)36-37(6)35)14-11-28(2,3)16-23(32)25(22)31(12-13-31)17-24(29)30(21,5)15-20(18-33)26(19)38;2*1-2/h15,19,21-25H,7-14,16-17,35H2,1-6H3,(H2,34,36);2*1-2H3. The SMILES string of the molecule is CC.CC.CC1C(=O)C(C#N)=CC2(C)C1CCC1(C)C3CCC4(/C(N)=N/N(C)N)CCC(C)(C)CC4C3C3(CC3)CC21. The van der Waals surface area contributed by atoms with Gasteiger partial charge in [0.05, 0.1) is 5.57 Å². The summed E-state index contributed by atoms with van der Waals surface area (Å²) < 4.78 is 0. The first-order valence-corrected chi connectivity index (χ1v) is 17.2. The molecule has 0 heterocycles. The lowest BCUT2D eigenvalue weighted by Gasteiger charge is -2.70. The largest absolute Gasteiger partial charge is 0.385 e. The molecule has 6 rings (SSSR count). The minimum absolute atomic E-state index is 0.0517. The number of amidine groups is 1. The summed E-state index contributed by atoms with van der Waals surface area (Å²) in [5.41, 5.74) is 8.07. The summed E-state index contributed by atoms with van der Waals surface area (Å²) in [7, 11) is 1.78. The van der Waals surface area contributed by atoms with Gasteiger partial charge >= 0.3 is 0 Å². The molecule has 9 atom stereocenters. The summed E-state index contributed by atoms with van der Waals surface area (Å²) in [6.07, 6.45) is 14.1. The zero-order valence-electron chi connectivity index (χ0n) is 28.5. The number of Topliss-reactive ketones (excluding diaryl/α,β-unsaturated/α-hetero) is 1. The predicted octanol–water partition coefficient (Wildman–Crippen LogP) is 7.85. The smallest absolute Gasteiger partial charge is 0.176 e. The second kappa shape index (κ2) is 11.2. The Morgan fingerprint density at radius 2 is 1.57 bits per heavy atom. The Hall–Kier alpha value is -1.87. The van der Waals surface area contributed by atoms with Crippen LogP contribution in [0.5, 0.6) is 0 Å². The number of allylic oxidation sites excluding steroid dienone is 2. The van der Waals surface area contributed by atoms with Gasteiger partial charge in [-0.2, -0.15) is 5.26 Å². The molecular formula is C36H61N5O. The molecule has 4 N–H and O–H groups in total. The third-order valence-corrected chi connectivity index (χ3v) is 13.5. The fourth-order valence-corrected chi connectivity index (χ4v) is 11.6. The third kappa shape index (κ3) is 4.76. The molecule has 0 aromatic carbocycles. The highest BCUT2D eigenvalue weighted by molar-refractivity contribution is 6.01. The van der Waals surface area contributed by atoms with Gasteiger partial charge in [-0.1, -0.05) is 68.4 Å². The zero-order chi connectivity index (χ0) is 31.5. The van der Waals surface area contributed by atoms with E-state index in [1.54, 1.807) is 7.05 Å². The molecule has 5 fully saturated rings. The number of rotatable bonds is 2. The highest BCUT2D eigenvalue weighted by atomic mass is 16.1. The summed E-state index contributed by atoms with van der Waals surface area (Å²) in [4.78, 5) is 13.0. The van der Waals surface area contributed by atoms with E-state index in [0.717, 1.165) is 25.1 Å². The number of nitrogens with two attached hydrogens (primary N) is 2. The molecule has 0 aliphatic heterocycles. The van der Waals surface area contributed by atoms with E-state index in [4.69, 9.17) is 11.6 Å². The summed E-state index contributed by atoms with van der Waals surface area (Å²) in [5, 5.41) is 16.0. The molecule has 1 spiro atoms. The van der Waals surface area contributed by atoms with E-state index in [1.165, 1.54) is 50.1 Å². The van der Waals surface area contributed by atoms with Crippen LogP contribution in [-0.2, 0) is 4.79 Å². The Kier molecular flexibility index (Phi) is 8.84. The molecule has 0 radical (unpaired) electrons. The van der Waals surface area contributed by atoms with Crippen molar-refractivity contribution in [3.05, 3.63) is 11.6 Å². The molecule has 0 aromatic heterocycles. The molecule has 6 aliphatic carbocycles. The number of fused-ring (bicyclic) bond motifs is 8. The lowest BCUT2D eigenvalue weighted by Crippen LogP contribution is -2.65. The average molecular weight is 580 g/mol. The molecule has 6 aliphatic rings. The molecule has 6 heteroatoms. The van der Waals surface area contributed by atoms with Gasteiger partial charge in [0.1, 0.15) is 11.9 Å². The maximum absolute atomic E-state index is 13.0. The quantitative estimate of drug-likeness (QED) is 0.150. The molecule has 0 saturated heterocycles. The molecule has 6 nitrogen and oxygen atoms in total. The number of hydrogen-bond acceptors (Lipinski definition) is 5. The van der Waals surface area contributed by atoms with E-state index < -0.39 is 0 Å². The van der Waals surface area contributed by atoms with Crippen molar-refractivity contribution < 1.29 is 4.79 Å². The van der Waals surface area contributed by atoms with Crippen LogP contribution in [0.15, 0.2) is 16.8 Å². The zero-order valence-corrected chi connectivity index (χ0v) is 28.5. The number of carbonyl (C=O) groups excluding carboxylic acids is 1. The number of ketones is 1. The second-order valence-corrected chi connectivity index (χ2v) is 15.8. The number of hydrazine groups is 1. The van der Waals surface area contributed by atoms with Crippen LogP contribution in [0.25, 0.3) is 0 Å². The van der Waals surface area contributed by atoms with Crippen molar-refractivity contribution in [1.82, 2.24) is 5.12 Å². The number of hydrogen-bond donors (Lipinski definition) is 2. The fraction of sp³-hybridized carbons (Fsp3) is 0.861. The highest BCUT2D eigenvalue weighted by Crippen LogP contribution is 2.79. The summed E-state index contributed by atoms with van der Waals surface area (Å²) in [6, 6.07) is 2.29. The Morgan fingerprint density at radius 3 is 2.14 bits per heavy atom. The molecule has 42 heavy (non-hydrogen) atoms. The Labute approximate surface area is 257 Å². The van der Waals surface area contributed by atoms with Gasteiger partial charge in [-0.3, -0.25) is 4.79 Å². The van der Waals surface area contributed by atoms with Crippen molar-refractivity contribution in [3.8, 4) is 6.07 Å². The number of carbonyl (C=O) groups is 1. The van der Waals surface area contributed by atoms with E-state index in [-0.39, 0.29) is 27.9 Å². The molecule has 0 amide bonds. The number of hydrazone groups is 1. The van der Waals surface area contributed by atoms with Crippen molar-refractivity contribution in [2.45, 2.75) is 127 Å². The minimum Gasteiger partial charge on any atom is -0.385 e. The van der Waals surface area contributed by atoms with Gasteiger partial charge in [0.2, 0.25) is 0 Å². The molecular weight excluding hydrogens is 518 g/mol. The summed E-state index contributed by atoms with van der Waals surface area (Å²) in [5.74, 6) is 9.51. The summed E-state index contributed by atoms with van der Waals surface area (Å²) >= 11 is 0. The maximum atomic E-state index is 13.0. The van der Waals surface area contributed by atoms with Crippen LogP contribution in [0, 0.1) is 73.9 Å². The van der Waals surface area contributed by atoms with Crippen LogP contribution < -0.4 is 11.6 Å². The minimum atomic E-state index is -0.0882. The topological polar surface area (TPSA) is 108 Å². The van der Waals surface area contributed by atoms with Gasteiger partial charge in [0.25, 0.3) is 0 Å². The van der Waals surface area contributed by atoms with Crippen molar-refractivity contribution in [2.24, 2.45) is 79.3 Å². The van der Waals surface area contributed by atoms with E-state index in [2.05, 4.69) is 51.9 Å². The van der Waals surface area contributed by atoms with Crippen molar-refractivity contribution in [3.63, 3.8) is 0 Å². The first-order valence-electron chi connectivity index (χ1n) is 17.2. The van der Waals surface area contributed by atoms with Crippen LogP contribution >= 0.6 is 0 Å². The molecule has 0 bridgehead atoms. The van der Waals surface area contributed by atoms with Gasteiger partial charge in [-0.25, -0.2) is 11.0 Å². The van der Waals surface area contributed by atoms with E-state index in [9.17, 15) is 10.1 Å². The lowest BCUT2D eigenvalue weighted by atomic mass is 9.34. The Morgan fingerprint density at radius 1 is 0.952 bits per heavy atom. The number of nitriles is 1. The van der Waals surface area contributed by atoms with E-state index in [1.807, 2.05) is 27.7 Å². The van der Waals surface area contributed by atoms with Crippen LogP contribution in [0.2, 0.25) is 0 Å². The highest BCUT2D eigenvalue weighted by Gasteiger charge is 2.72. The van der Waals surface area contributed by atoms with E-state index >= 15 is 0 Å². The molecule has 0 aromatic rings. The first-order chi connectivity index (χ1) is 19.7. The van der Waals surface area contributed by atoms with Gasteiger partial charge in [0.15, 0.2) is 5.78 Å². The van der Waals surface area contributed by atoms with Crippen LogP contribution in [0.3, 0.4) is 0 Å². The lowest BCUT2D eigenvalue weighted by molar-refractivity contribution is -0.196. The number of nitrogens with zero attached hydrogens (tertiary/aromatic N) is 3. The maximum Gasteiger partial charge on any atom is 0.176 e. The van der Waals surface area contributed by atoms with Crippen LogP contribution in [-0.4, -0.2) is 23.8 Å².